The van der Waals surface area contributed by atoms with E-state index in [2.05, 4.69) is 0 Å². The van der Waals surface area contributed by atoms with Gasteiger partial charge in [0.15, 0.2) is 0 Å². The molecule has 0 fully saturated rings. The molecule has 0 rings (SSSR count). The van der Waals surface area contributed by atoms with Crippen molar-refractivity contribution < 1.29 is 5.11 Å². The zero-order chi connectivity index (χ0) is 5.70. The van der Waals surface area contributed by atoms with Crippen molar-refractivity contribution in [2.45, 2.75) is 12.5 Å². The van der Waals surface area contributed by atoms with Crippen LogP contribution in [0.4, 0.5) is 0 Å². The Morgan fingerprint density at radius 1 is 1.75 bits per heavy atom. The van der Waals surface area contributed by atoms with Gasteiger partial charge in [-0.1, -0.05) is 0 Å². The van der Waals surface area contributed by atoms with E-state index in [0.29, 0.717) is 0 Å². The summed E-state index contributed by atoms with van der Waals surface area (Å²) in [7, 11) is 0. The molecule has 0 heterocycles. The van der Waals surface area contributed by atoms with E-state index in [1.807, 2.05) is 0 Å². The Morgan fingerprint density at radius 2 is 2.25 bits per heavy atom. The molecule has 0 aromatic carbocycles. The normalized spacial score (nSPS) is 11.1. The minimum absolute atomic E-state index is 0. The molecule has 0 unspecified atom stereocenters. The van der Waals surface area contributed by atoms with E-state index < -0.39 is 6.10 Å². The summed E-state index contributed by atoms with van der Waals surface area (Å²) < 4.78 is 0. The van der Waals surface area contributed by atoms with Crippen molar-refractivity contribution in [2.24, 2.45) is 5.73 Å². The molecule has 0 aliphatic rings. The smallest absolute Gasteiger partial charge is 0.0792 e. The van der Waals surface area contributed by atoms with Gasteiger partial charge in [-0.3, -0.25) is 0 Å². The number of aliphatic hydroxyl groups excluding tert-OH is 1. The fraction of sp³-hybridized carbons (Fsp3) is 0.750. The van der Waals surface area contributed by atoms with Crippen LogP contribution in [0, 0.1) is 11.3 Å². The van der Waals surface area contributed by atoms with Crippen LogP contribution >= 0.6 is 12.4 Å². The molecule has 0 aromatic rings. The van der Waals surface area contributed by atoms with E-state index in [1.54, 1.807) is 6.07 Å². The summed E-state index contributed by atoms with van der Waals surface area (Å²) in [6.07, 6.45) is -0.499. The maximum Gasteiger partial charge on any atom is 0.0792 e. The fourth-order valence-corrected chi connectivity index (χ4v) is 0.189. The third-order valence-corrected chi connectivity index (χ3v) is 0.599. The van der Waals surface area contributed by atoms with Gasteiger partial charge in [-0.15, -0.1) is 12.4 Å². The molecule has 0 amide bonds. The highest BCUT2D eigenvalue weighted by atomic mass is 35.5. The summed E-state index contributed by atoms with van der Waals surface area (Å²) in [4.78, 5) is 0. The Hall–Kier alpha value is -0.300. The van der Waals surface area contributed by atoms with E-state index in [9.17, 15) is 0 Å². The second-order valence-electron chi connectivity index (χ2n) is 1.25. The van der Waals surface area contributed by atoms with E-state index >= 15 is 0 Å². The van der Waals surface area contributed by atoms with Crippen LogP contribution in [0.1, 0.15) is 6.42 Å². The molecule has 4 heteroatoms. The third-order valence-electron chi connectivity index (χ3n) is 0.599. The van der Waals surface area contributed by atoms with E-state index in [-0.39, 0.29) is 25.4 Å². The Bertz CT molecular complexity index is 80.6. The van der Waals surface area contributed by atoms with Crippen LogP contribution in [0.25, 0.3) is 0 Å². The van der Waals surface area contributed by atoms with Crippen LogP contribution in [-0.4, -0.2) is 17.8 Å². The van der Waals surface area contributed by atoms with Gasteiger partial charge in [0.05, 0.1) is 18.6 Å². The van der Waals surface area contributed by atoms with Crippen LogP contribution < -0.4 is 5.73 Å². The van der Waals surface area contributed by atoms with Crippen LogP contribution in [0.2, 0.25) is 0 Å². The van der Waals surface area contributed by atoms with Gasteiger partial charge in [-0.05, 0) is 0 Å². The summed E-state index contributed by atoms with van der Waals surface area (Å²) in [6, 6.07) is 1.79. The maximum atomic E-state index is 8.51. The molecule has 0 bridgehead atoms. The van der Waals surface area contributed by atoms with Crippen LogP contribution in [-0.2, 0) is 0 Å². The van der Waals surface area contributed by atoms with Crippen molar-refractivity contribution in [2.75, 3.05) is 6.54 Å². The highest BCUT2D eigenvalue weighted by Gasteiger charge is 1.95. The van der Waals surface area contributed by atoms with Crippen molar-refractivity contribution in [3.63, 3.8) is 0 Å². The monoisotopic (exact) mass is 136 g/mol. The standard InChI is InChI=1S/C4H8N2O.ClH/c5-2-1-4(7)3-6;/h4,7H,1,3,6H2;1H/t4-;/m0./s1. The van der Waals surface area contributed by atoms with Gasteiger partial charge in [-0.25, -0.2) is 0 Å². The molecule has 3 nitrogen and oxygen atoms in total. The van der Waals surface area contributed by atoms with Gasteiger partial charge in [-0.2, -0.15) is 5.26 Å². The molecule has 0 aliphatic carbocycles. The van der Waals surface area contributed by atoms with Crippen LogP contribution in [0.15, 0.2) is 0 Å². The van der Waals surface area contributed by atoms with Gasteiger partial charge >= 0.3 is 0 Å². The number of nitrogens with zero attached hydrogens (tertiary/aromatic N) is 1. The summed E-state index contributed by atoms with van der Waals surface area (Å²) in [5, 5.41) is 16.4. The lowest BCUT2D eigenvalue weighted by atomic mass is 10.3. The summed E-state index contributed by atoms with van der Waals surface area (Å²) in [6.45, 7) is 0.174. The third kappa shape index (κ3) is 5.70. The summed E-state index contributed by atoms with van der Waals surface area (Å²) >= 11 is 0. The topological polar surface area (TPSA) is 70.0 Å². The molecule has 0 aromatic heterocycles. The maximum absolute atomic E-state index is 8.51. The number of hydrogen-bond acceptors (Lipinski definition) is 3. The molecule has 0 radical (unpaired) electrons. The molecule has 1 atom stereocenters. The Balaban J connectivity index is 0. The predicted octanol–water partition coefficient (Wildman–Crippen LogP) is -0.359. The molecule has 0 spiro atoms. The second kappa shape index (κ2) is 6.70. The zero-order valence-electron chi connectivity index (χ0n) is 4.37. The van der Waals surface area contributed by atoms with E-state index in [0.717, 1.165) is 0 Å². The Morgan fingerprint density at radius 3 is 2.38 bits per heavy atom. The lowest BCUT2D eigenvalue weighted by Gasteiger charge is -1.96. The number of aliphatic hydroxyl groups is 1. The highest BCUT2D eigenvalue weighted by Crippen LogP contribution is 1.82. The molecule has 0 saturated carbocycles. The average Bonchev–Trinajstić information content (AvgIpc) is 1.68. The van der Waals surface area contributed by atoms with Gasteiger partial charge in [0.25, 0.3) is 0 Å². The molecule has 0 aliphatic heterocycles. The number of nitriles is 1. The van der Waals surface area contributed by atoms with Gasteiger partial charge in [0.2, 0.25) is 0 Å². The molecular weight excluding hydrogens is 128 g/mol. The highest BCUT2D eigenvalue weighted by molar-refractivity contribution is 5.85. The van der Waals surface area contributed by atoms with E-state index in [1.165, 1.54) is 0 Å². The van der Waals surface area contributed by atoms with Gasteiger partial charge in [0, 0.05) is 6.54 Å². The number of hydrogen-bond donors (Lipinski definition) is 2. The zero-order valence-corrected chi connectivity index (χ0v) is 5.19. The van der Waals surface area contributed by atoms with Crippen molar-refractivity contribution in [1.82, 2.24) is 0 Å². The molecule has 8 heavy (non-hydrogen) atoms. The molecule has 3 N–H and O–H groups in total. The van der Waals surface area contributed by atoms with Crippen molar-refractivity contribution in [3.8, 4) is 6.07 Å². The molecular formula is C4H9ClN2O. The van der Waals surface area contributed by atoms with Crippen LogP contribution in [0.5, 0.6) is 0 Å². The lowest BCUT2D eigenvalue weighted by Crippen LogP contribution is -2.18. The van der Waals surface area contributed by atoms with Crippen molar-refractivity contribution in [1.29, 1.82) is 5.26 Å². The largest absolute Gasteiger partial charge is 0.391 e. The first-order valence-electron chi connectivity index (χ1n) is 2.06. The van der Waals surface area contributed by atoms with Crippen molar-refractivity contribution in [3.05, 3.63) is 0 Å². The van der Waals surface area contributed by atoms with E-state index in [4.69, 9.17) is 16.1 Å². The predicted molar refractivity (Wildman–Crippen MR) is 32.5 cm³/mol. The Kier molecular flexibility index (Phi) is 8.91. The van der Waals surface area contributed by atoms with Crippen LogP contribution in [0.3, 0.4) is 0 Å². The van der Waals surface area contributed by atoms with Gasteiger partial charge in [0.1, 0.15) is 0 Å². The fourth-order valence-electron chi connectivity index (χ4n) is 0.189. The Labute approximate surface area is 54.5 Å². The lowest BCUT2D eigenvalue weighted by molar-refractivity contribution is 0.188. The quantitative estimate of drug-likeness (QED) is 0.545. The first-order chi connectivity index (χ1) is 3.31. The summed E-state index contributed by atoms with van der Waals surface area (Å²) in [5.41, 5.74) is 4.96. The molecule has 0 saturated heterocycles. The SMILES string of the molecule is Cl.N#CC[C@H](O)CN. The van der Waals surface area contributed by atoms with Gasteiger partial charge < -0.3 is 10.8 Å². The number of rotatable bonds is 2. The van der Waals surface area contributed by atoms with Crippen molar-refractivity contribution >= 4 is 12.4 Å². The minimum Gasteiger partial charge on any atom is -0.391 e. The number of halogens is 1. The first kappa shape index (κ1) is 10.6. The first-order valence-corrected chi connectivity index (χ1v) is 2.06. The number of nitrogens with two attached hydrogens (primary N) is 1. The molecule has 48 valence electrons. The minimum atomic E-state index is -0.634. The second-order valence-corrected chi connectivity index (χ2v) is 1.25. The summed E-state index contributed by atoms with van der Waals surface area (Å²) in [5.74, 6) is 0. The average molecular weight is 137 g/mol.